The third-order valence-corrected chi connectivity index (χ3v) is 3.65. The van der Waals surface area contributed by atoms with Gasteiger partial charge < -0.3 is 10.2 Å². The molecule has 0 radical (unpaired) electrons. The van der Waals surface area contributed by atoms with Gasteiger partial charge in [-0.15, -0.1) is 0 Å². The quantitative estimate of drug-likeness (QED) is 0.710. The second kappa shape index (κ2) is 7.98. The molecule has 17 heavy (non-hydrogen) atoms. The first-order valence-corrected chi connectivity index (χ1v) is 6.83. The maximum Gasteiger partial charge on any atom is 0.251 e. The topological polar surface area (TPSA) is 15.3 Å². The summed E-state index contributed by atoms with van der Waals surface area (Å²) in [5.74, 6) is 0.682. The van der Waals surface area contributed by atoms with E-state index in [0.717, 1.165) is 25.9 Å². The molecule has 0 aromatic carbocycles. The van der Waals surface area contributed by atoms with Crippen LogP contribution in [0.2, 0.25) is 0 Å². The van der Waals surface area contributed by atoms with E-state index in [4.69, 9.17) is 0 Å². The zero-order valence-corrected chi connectivity index (χ0v) is 11.1. The van der Waals surface area contributed by atoms with Crippen molar-refractivity contribution in [3.05, 3.63) is 0 Å². The highest BCUT2D eigenvalue weighted by atomic mass is 19.3. The Bertz CT molecular complexity index is 200. The summed E-state index contributed by atoms with van der Waals surface area (Å²) < 4.78 is 24.4. The van der Waals surface area contributed by atoms with Gasteiger partial charge in [-0.3, -0.25) is 0 Å². The van der Waals surface area contributed by atoms with Crippen LogP contribution < -0.4 is 5.32 Å². The SMILES string of the molecule is CCCNC1CCCC1CCN(C)CC(F)F. The lowest BCUT2D eigenvalue weighted by Crippen LogP contribution is -2.35. The van der Waals surface area contributed by atoms with Crippen LogP contribution >= 0.6 is 0 Å². The summed E-state index contributed by atoms with van der Waals surface area (Å²) in [7, 11) is 1.79. The van der Waals surface area contributed by atoms with E-state index in [1.807, 2.05) is 0 Å². The predicted octanol–water partition coefficient (Wildman–Crippen LogP) is 2.74. The molecule has 102 valence electrons. The van der Waals surface area contributed by atoms with Crippen molar-refractivity contribution in [3.63, 3.8) is 0 Å². The van der Waals surface area contributed by atoms with E-state index in [2.05, 4.69) is 12.2 Å². The number of alkyl halides is 2. The van der Waals surface area contributed by atoms with E-state index in [9.17, 15) is 8.78 Å². The summed E-state index contributed by atoms with van der Waals surface area (Å²) in [5.41, 5.74) is 0. The Morgan fingerprint density at radius 2 is 2.12 bits per heavy atom. The molecular formula is C13H26F2N2. The Kier molecular flexibility index (Phi) is 6.97. The average Bonchev–Trinajstić information content (AvgIpc) is 2.70. The Labute approximate surface area is 104 Å². The molecule has 0 aromatic heterocycles. The molecule has 2 atom stereocenters. The second-order valence-corrected chi connectivity index (χ2v) is 5.19. The molecule has 0 saturated heterocycles. The van der Waals surface area contributed by atoms with Gasteiger partial charge in [-0.2, -0.15) is 0 Å². The zero-order valence-electron chi connectivity index (χ0n) is 11.1. The highest BCUT2D eigenvalue weighted by Gasteiger charge is 2.26. The molecule has 0 amide bonds. The Morgan fingerprint density at radius 3 is 2.76 bits per heavy atom. The second-order valence-electron chi connectivity index (χ2n) is 5.19. The molecule has 1 fully saturated rings. The molecule has 0 spiro atoms. The smallest absolute Gasteiger partial charge is 0.251 e. The van der Waals surface area contributed by atoms with Crippen molar-refractivity contribution >= 4 is 0 Å². The van der Waals surface area contributed by atoms with Crippen molar-refractivity contribution < 1.29 is 8.78 Å². The van der Waals surface area contributed by atoms with Gasteiger partial charge in [0.2, 0.25) is 0 Å². The van der Waals surface area contributed by atoms with Crippen molar-refractivity contribution in [2.24, 2.45) is 5.92 Å². The molecule has 0 bridgehead atoms. The molecule has 1 aliphatic rings. The number of nitrogens with zero attached hydrogens (tertiary/aromatic N) is 1. The number of hydrogen-bond acceptors (Lipinski definition) is 2. The lowest BCUT2D eigenvalue weighted by Gasteiger charge is -2.23. The number of halogens is 2. The monoisotopic (exact) mass is 248 g/mol. The maximum atomic E-state index is 12.2. The molecule has 0 aliphatic heterocycles. The standard InChI is InChI=1S/C13H26F2N2/c1-3-8-16-12-6-4-5-11(12)7-9-17(2)10-13(14)15/h11-13,16H,3-10H2,1-2H3. The molecule has 4 heteroatoms. The van der Waals surface area contributed by atoms with Crippen LogP contribution in [0.25, 0.3) is 0 Å². The lowest BCUT2D eigenvalue weighted by atomic mass is 9.99. The Morgan fingerprint density at radius 1 is 1.35 bits per heavy atom. The summed E-state index contributed by atoms with van der Waals surface area (Å²) >= 11 is 0. The van der Waals surface area contributed by atoms with E-state index in [1.54, 1.807) is 11.9 Å². The van der Waals surface area contributed by atoms with Crippen molar-refractivity contribution in [1.29, 1.82) is 0 Å². The first kappa shape index (κ1) is 14.8. The first-order chi connectivity index (χ1) is 8.13. The van der Waals surface area contributed by atoms with E-state index < -0.39 is 6.43 Å². The third kappa shape index (κ3) is 5.77. The van der Waals surface area contributed by atoms with Gasteiger partial charge in [0, 0.05) is 6.04 Å². The van der Waals surface area contributed by atoms with E-state index >= 15 is 0 Å². The fraction of sp³-hybridized carbons (Fsp3) is 1.00. The van der Waals surface area contributed by atoms with Crippen LogP contribution in [0.15, 0.2) is 0 Å². The van der Waals surface area contributed by atoms with E-state index in [1.165, 1.54) is 19.3 Å². The van der Waals surface area contributed by atoms with Crippen molar-refractivity contribution in [2.75, 3.05) is 26.7 Å². The van der Waals surface area contributed by atoms with Crippen LogP contribution in [0.4, 0.5) is 8.78 Å². The van der Waals surface area contributed by atoms with Crippen molar-refractivity contribution in [2.45, 2.75) is 51.5 Å². The first-order valence-electron chi connectivity index (χ1n) is 6.83. The summed E-state index contributed by atoms with van der Waals surface area (Å²) in [4.78, 5) is 1.75. The highest BCUT2D eigenvalue weighted by molar-refractivity contribution is 4.83. The average molecular weight is 248 g/mol. The van der Waals surface area contributed by atoms with Gasteiger partial charge in [0.15, 0.2) is 0 Å². The molecule has 1 aliphatic carbocycles. The largest absolute Gasteiger partial charge is 0.314 e. The minimum atomic E-state index is -2.21. The van der Waals surface area contributed by atoms with Gasteiger partial charge in [-0.1, -0.05) is 13.3 Å². The molecule has 2 nitrogen and oxygen atoms in total. The zero-order chi connectivity index (χ0) is 12.7. The van der Waals surface area contributed by atoms with Crippen LogP contribution in [0.5, 0.6) is 0 Å². The number of rotatable bonds is 8. The fourth-order valence-corrected chi connectivity index (χ4v) is 2.69. The minimum Gasteiger partial charge on any atom is -0.314 e. The molecular weight excluding hydrogens is 222 g/mol. The van der Waals surface area contributed by atoms with Gasteiger partial charge in [0.1, 0.15) is 0 Å². The third-order valence-electron chi connectivity index (χ3n) is 3.65. The predicted molar refractivity (Wildman–Crippen MR) is 67.5 cm³/mol. The van der Waals surface area contributed by atoms with Gasteiger partial charge in [-0.05, 0) is 51.7 Å². The Balaban J connectivity index is 2.20. The maximum absolute atomic E-state index is 12.2. The van der Waals surface area contributed by atoms with Gasteiger partial charge in [0.25, 0.3) is 6.43 Å². The van der Waals surface area contributed by atoms with E-state index in [0.29, 0.717) is 12.0 Å². The highest BCUT2D eigenvalue weighted by Crippen LogP contribution is 2.28. The molecule has 2 unspecified atom stereocenters. The van der Waals surface area contributed by atoms with Crippen LogP contribution in [0.1, 0.15) is 39.0 Å². The van der Waals surface area contributed by atoms with Crippen LogP contribution in [-0.4, -0.2) is 44.0 Å². The summed E-state index contributed by atoms with van der Waals surface area (Å²) in [6, 6.07) is 0.620. The molecule has 0 aromatic rings. The molecule has 0 heterocycles. The van der Waals surface area contributed by atoms with Gasteiger partial charge in [0.05, 0.1) is 6.54 Å². The Hall–Kier alpha value is -0.220. The van der Waals surface area contributed by atoms with Crippen molar-refractivity contribution in [1.82, 2.24) is 10.2 Å². The molecule has 1 rings (SSSR count). The van der Waals surface area contributed by atoms with Crippen molar-refractivity contribution in [3.8, 4) is 0 Å². The minimum absolute atomic E-state index is 0.0974. The molecule has 1 N–H and O–H groups in total. The molecule has 1 saturated carbocycles. The van der Waals surface area contributed by atoms with Crippen LogP contribution in [0, 0.1) is 5.92 Å². The normalized spacial score (nSPS) is 25.1. The van der Waals surface area contributed by atoms with Crippen LogP contribution in [0.3, 0.4) is 0 Å². The summed E-state index contributed by atoms with van der Waals surface area (Å²) in [6.45, 7) is 3.94. The number of nitrogens with one attached hydrogen (secondary N) is 1. The van der Waals surface area contributed by atoms with E-state index in [-0.39, 0.29) is 6.54 Å². The van der Waals surface area contributed by atoms with Crippen LogP contribution in [-0.2, 0) is 0 Å². The summed E-state index contributed by atoms with van der Waals surface area (Å²) in [5, 5.41) is 3.58. The van der Waals surface area contributed by atoms with Gasteiger partial charge >= 0.3 is 0 Å². The lowest BCUT2D eigenvalue weighted by molar-refractivity contribution is 0.0971. The van der Waals surface area contributed by atoms with Gasteiger partial charge in [-0.25, -0.2) is 8.78 Å². The fourth-order valence-electron chi connectivity index (χ4n) is 2.69. The number of hydrogen-bond donors (Lipinski definition) is 1. The summed E-state index contributed by atoms with van der Waals surface area (Å²) in [6.07, 6.45) is 3.79.